The number of H-pyrrole nitrogens is 1. The van der Waals surface area contributed by atoms with Crippen molar-refractivity contribution in [2.45, 2.75) is 6.92 Å². The number of aromatic amines is 1. The Bertz CT molecular complexity index is 1350. The zero-order valence-corrected chi connectivity index (χ0v) is 17.2. The summed E-state index contributed by atoms with van der Waals surface area (Å²) in [7, 11) is 3.53. The maximum Gasteiger partial charge on any atom is 0.258 e. The molecule has 0 fully saturated rings. The van der Waals surface area contributed by atoms with Gasteiger partial charge in [-0.25, -0.2) is 4.98 Å². The van der Waals surface area contributed by atoms with Gasteiger partial charge in [-0.05, 0) is 31.2 Å². The highest BCUT2D eigenvalue weighted by atomic mass is 16.5. The number of benzene rings is 2. The fourth-order valence-corrected chi connectivity index (χ4v) is 3.38. The van der Waals surface area contributed by atoms with Crippen LogP contribution >= 0.6 is 0 Å². The van der Waals surface area contributed by atoms with Gasteiger partial charge < -0.3 is 9.26 Å². The molecule has 0 amide bonds. The van der Waals surface area contributed by atoms with E-state index >= 15 is 0 Å². The Kier molecular flexibility index (Phi) is 4.55. The van der Waals surface area contributed by atoms with Crippen LogP contribution in [0, 0.1) is 6.92 Å². The van der Waals surface area contributed by atoms with E-state index in [4.69, 9.17) is 9.26 Å². The predicted molar refractivity (Wildman–Crippen MR) is 114 cm³/mol. The molecule has 9 nitrogen and oxygen atoms in total. The van der Waals surface area contributed by atoms with Gasteiger partial charge in [-0.3, -0.25) is 9.78 Å². The van der Waals surface area contributed by atoms with Crippen LogP contribution in [0.15, 0.2) is 59.3 Å². The normalized spacial score (nSPS) is 11.1. The Balaban J connectivity index is 1.46. The number of aryl methyl sites for hydroxylation is 2. The van der Waals surface area contributed by atoms with Crippen molar-refractivity contribution in [1.82, 2.24) is 35.1 Å². The topological polar surface area (TPSA) is 108 Å². The van der Waals surface area contributed by atoms with Crippen LogP contribution in [0.2, 0.25) is 0 Å². The molecule has 5 aromatic rings. The van der Waals surface area contributed by atoms with Gasteiger partial charge in [0.05, 0.1) is 12.8 Å². The molecule has 0 saturated carbocycles. The minimum Gasteiger partial charge on any atom is -0.496 e. The summed E-state index contributed by atoms with van der Waals surface area (Å²) in [6, 6.07) is 15.4. The van der Waals surface area contributed by atoms with Gasteiger partial charge in [-0.1, -0.05) is 29.4 Å². The Morgan fingerprint density at radius 1 is 0.935 bits per heavy atom. The average molecular weight is 413 g/mol. The average Bonchev–Trinajstić information content (AvgIpc) is 3.54. The summed E-state index contributed by atoms with van der Waals surface area (Å²) in [6.45, 7) is 1.87. The molecule has 9 heteroatoms. The molecule has 0 aliphatic heterocycles. The van der Waals surface area contributed by atoms with Crippen LogP contribution in [0.4, 0.5) is 0 Å². The first-order chi connectivity index (χ1) is 15.1. The van der Waals surface area contributed by atoms with Gasteiger partial charge in [0.15, 0.2) is 5.82 Å². The van der Waals surface area contributed by atoms with Gasteiger partial charge in [0.25, 0.3) is 5.89 Å². The summed E-state index contributed by atoms with van der Waals surface area (Å²) >= 11 is 0. The summed E-state index contributed by atoms with van der Waals surface area (Å²) in [6.07, 6.45) is 1.75. The van der Waals surface area contributed by atoms with Crippen LogP contribution in [-0.2, 0) is 7.05 Å². The summed E-state index contributed by atoms with van der Waals surface area (Å²) in [5.74, 6) is 3.09. The van der Waals surface area contributed by atoms with Crippen LogP contribution < -0.4 is 4.74 Å². The molecule has 0 spiro atoms. The highest BCUT2D eigenvalue weighted by Crippen LogP contribution is 2.34. The molecule has 3 heterocycles. The minimum absolute atomic E-state index is 0.426. The highest BCUT2D eigenvalue weighted by molar-refractivity contribution is 5.74. The second-order valence-electron chi connectivity index (χ2n) is 7.00. The van der Waals surface area contributed by atoms with E-state index in [1.54, 1.807) is 18.0 Å². The number of rotatable bonds is 5. The first-order valence-electron chi connectivity index (χ1n) is 9.62. The van der Waals surface area contributed by atoms with E-state index in [9.17, 15) is 0 Å². The number of hydrogen-bond acceptors (Lipinski definition) is 7. The van der Waals surface area contributed by atoms with Crippen LogP contribution in [-0.4, -0.2) is 42.2 Å². The van der Waals surface area contributed by atoms with Crippen molar-refractivity contribution in [3.05, 3.63) is 60.6 Å². The van der Waals surface area contributed by atoms with E-state index in [2.05, 4.69) is 30.4 Å². The summed E-state index contributed by atoms with van der Waals surface area (Å²) in [5, 5.41) is 15.4. The Morgan fingerprint density at radius 3 is 2.32 bits per heavy atom. The molecule has 0 unspecified atom stereocenters. The van der Waals surface area contributed by atoms with Crippen molar-refractivity contribution in [1.29, 1.82) is 0 Å². The lowest BCUT2D eigenvalue weighted by atomic mass is 10.1. The molecule has 0 aliphatic carbocycles. The van der Waals surface area contributed by atoms with E-state index in [1.807, 2.05) is 62.5 Å². The van der Waals surface area contributed by atoms with Crippen molar-refractivity contribution in [3.63, 3.8) is 0 Å². The van der Waals surface area contributed by atoms with E-state index in [1.165, 1.54) is 0 Å². The molecule has 3 aromatic heterocycles. The molecular weight excluding hydrogens is 394 g/mol. The minimum atomic E-state index is 0.426. The molecule has 5 rings (SSSR count). The van der Waals surface area contributed by atoms with E-state index < -0.39 is 0 Å². The summed E-state index contributed by atoms with van der Waals surface area (Å²) in [4.78, 5) is 8.92. The SMILES string of the molecule is COc1ccc(-c2nc(-c3ccc(-c4n[nH]c(C)n4)cc3)no2)cc1-c1ccnn1C. The number of aromatic nitrogens is 7. The van der Waals surface area contributed by atoms with Gasteiger partial charge in [0, 0.05) is 35.5 Å². The maximum absolute atomic E-state index is 5.55. The van der Waals surface area contributed by atoms with Gasteiger partial charge in [0.2, 0.25) is 5.82 Å². The Morgan fingerprint density at radius 2 is 1.68 bits per heavy atom. The fraction of sp³-hybridized carbons (Fsp3) is 0.136. The third-order valence-electron chi connectivity index (χ3n) is 4.97. The lowest BCUT2D eigenvalue weighted by molar-refractivity contribution is 0.415. The zero-order chi connectivity index (χ0) is 21.4. The molecular formula is C22H19N7O2. The number of nitrogens with one attached hydrogen (secondary N) is 1. The highest BCUT2D eigenvalue weighted by Gasteiger charge is 2.16. The molecule has 2 aromatic carbocycles. The van der Waals surface area contributed by atoms with Crippen LogP contribution in [0.1, 0.15) is 5.82 Å². The Hall–Kier alpha value is -4.27. The van der Waals surface area contributed by atoms with Crippen LogP contribution in [0.3, 0.4) is 0 Å². The van der Waals surface area contributed by atoms with Crippen LogP contribution in [0.5, 0.6) is 5.75 Å². The predicted octanol–water partition coefficient (Wildman–Crippen LogP) is 3.91. The first kappa shape index (κ1) is 18.7. The largest absolute Gasteiger partial charge is 0.496 e. The van der Waals surface area contributed by atoms with Crippen LogP contribution in [0.25, 0.3) is 45.5 Å². The van der Waals surface area contributed by atoms with E-state index in [-0.39, 0.29) is 0 Å². The van der Waals surface area contributed by atoms with Gasteiger partial charge in [-0.15, -0.1) is 0 Å². The van der Waals surface area contributed by atoms with Crippen molar-refractivity contribution < 1.29 is 9.26 Å². The lowest BCUT2D eigenvalue weighted by Crippen LogP contribution is -1.96. The summed E-state index contributed by atoms with van der Waals surface area (Å²) < 4.78 is 12.9. The standard InChI is InChI=1S/C22H19N7O2/c1-13-24-20(27-26-13)14-4-6-15(7-5-14)21-25-22(31-28-21)16-8-9-19(30-3)17(12-16)18-10-11-23-29(18)2/h4-12H,1-3H3,(H,24,26,27). The molecule has 1 N–H and O–H groups in total. The van der Waals surface area contributed by atoms with Crippen molar-refractivity contribution in [2.75, 3.05) is 7.11 Å². The van der Waals surface area contributed by atoms with E-state index in [0.717, 1.165) is 39.5 Å². The molecule has 0 aliphatic rings. The monoisotopic (exact) mass is 413 g/mol. The maximum atomic E-state index is 5.55. The molecule has 0 atom stereocenters. The smallest absolute Gasteiger partial charge is 0.258 e. The number of nitrogens with zero attached hydrogens (tertiary/aromatic N) is 6. The Labute approximate surface area is 177 Å². The van der Waals surface area contributed by atoms with Crippen molar-refractivity contribution in [3.8, 4) is 51.2 Å². The number of methoxy groups -OCH3 is 1. The molecule has 31 heavy (non-hydrogen) atoms. The fourth-order valence-electron chi connectivity index (χ4n) is 3.38. The molecule has 0 saturated heterocycles. The number of hydrogen-bond donors (Lipinski definition) is 1. The lowest BCUT2D eigenvalue weighted by Gasteiger charge is -2.09. The summed E-state index contributed by atoms with van der Waals surface area (Å²) in [5.41, 5.74) is 4.37. The van der Waals surface area contributed by atoms with Crippen molar-refractivity contribution >= 4 is 0 Å². The molecule has 0 radical (unpaired) electrons. The molecule has 154 valence electrons. The first-order valence-corrected chi connectivity index (χ1v) is 9.62. The third-order valence-corrected chi connectivity index (χ3v) is 4.97. The van der Waals surface area contributed by atoms with Gasteiger partial charge in [-0.2, -0.15) is 15.2 Å². The van der Waals surface area contributed by atoms with Gasteiger partial charge >= 0.3 is 0 Å². The second-order valence-corrected chi connectivity index (χ2v) is 7.00. The van der Waals surface area contributed by atoms with Gasteiger partial charge in [0.1, 0.15) is 11.6 Å². The van der Waals surface area contributed by atoms with E-state index in [0.29, 0.717) is 17.5 Å². The molecule has 0 bridgehead atoms. The third kappa shape index (κ3) is 3.46. The number of ether oxygens (including phenoxy) is 1. The van der Waals surface area contributed by atoms with Crippen molar-refractivity contribution in [2.24, 2.45) is 7.05 Å². The second kappa shape index (κ2) is 7.52. The quantitative estimate of drug-likeness (QED) is 0.465. The zero-order valence-electron chi connectivity index (χ0n) is 17.2.